The van der Waals surface area contributed by atoms with E-state index in [2.05, 4.69) is 10.2 Å². The van der Waals surface area contributed by atoms with Gasteiger partial charge in [0.05, 0.1) is 12.8 Å². The summed E-state index contributed by atoms with van der Waals surface area (Å²) in [5.74, 6) is -0.555. The number of H-pyrrole nitrogens is 1. The number of rotatable bonds is 4. The van der Waals surface area contributed by atoms with Crippen molar-refractivity contribution in [2.45, 2.75) is 30.7 Å². The Bertz CT molecular complexity index is 568. The Morgan fingerprint density at radius 1 is 1.68 bits per heavy atom. The topological polar surface area (TPSA) is 118 Å². The molecule has 9 heteroatoms. The lowest BCUT2D eigenvalue weighted by atomic mass is 10.2. The molecule has 0 aromatic carbocycles. The average molecular weight is 288 g/mol. The van der Waals surface area contributed by atoms with Crippen molar-refractivity contribution in [3.05, 3.63) is 6.20 Å². The van der Waals surface area contributed by atoms with Gasteiger partial charge in [0.25, 0.3) is 0 Å². The number of hydrogen-bond donors (Lipinski definition) is 2. The summed E-state index contributed by atoms with van der Waals surface area (Å²) in [5, 5.41) is 5.97. The Kier molecular flexibility index (Phi) is 3.76. The van der Waals surface area contributed by atoms with Crippen molar-refractivity contribution in [3.63, 3.8) is 0 Å². The molecule has 1 unspecified atom stereocenters. The summed E-state index contributed by atoms with van der Waals surface area (Å²) in [4.78, 5) is 11.7. The van der Waals surface area contributed by atoms with Gasteiger partial charge in [-0.2, -0.15) is 9.40 Å². The van der Waals surface area contributed by atoms with E-state index in [1.54, 1.807) is 6.92 Å². The maximum atomic E-state index is 12.4. The molecule has 0 bridgehead atoms. The normalized spacial score (nSPS) is 20.6. The monoisotopic (exact) mass is 288 g/mol. The number of carbonyl (C=O) groups excluding carboxylic acids is 1. The van der Waals surface area contributed by atoms with E-state index in [1.807, 2.05) is 0 Å². The zero-order valence-electron chi connectivity index (χ0n) is 10.5. The molecule has 8 nitrogen and oxygen atoms in total. The van der Waals surface area contributed by atoms with Crippen LogP contribution in [0.25, 0.3) is 0 Å². The van der Waals surface area contributed by atoms with Gasteiger partial charge in [-0.1, -0.05) is 0 Å². The fourth-order valence-corrected chi connectivity index (χ4v) is 3.78. The summed E-state index contributed by atoms with van der Waals surface area (Å²) >= 11 is 0. The molecule has 1 aliphatic rings. The van der Waals surface area contributed by atoms with Gasteiger partial charge in [-0.3, -0.25) is 9.89 Å². The van der Waals surface area contributed by atoms with Crippen molar-refractivity contribution in [1.82, 2.24) is 14.5 Å². The Hall–Kier alpha value is -1.61. The van der Waals surface area contributed by atoms with Gasteiger partial charge < -0.3 is 10.5 Å². The highest BCUT2D eigenvalue weighted by Gasteiger charge is 2.41. The van der Waals surface area contributed by atoms with Crippen LogP contribution in [-0.4, -0.2) is 48.1 Å². The number of esters is 1. The van der Waals surface area contributed by atoms with Crippen molar-refractivity contribution < 1.29 is 17.9 Å². The number of aromatic nitrogens is 2. The number of sulfonamides is 1. The summed E-state index contributed by atoms with van der Waals surface area (Å²) in [7, 11) is -3.82. The number of nitrogens with two attached hydrogens (primary N) is 1. The third-order valence-corrected chi connectivity index (χ3v) is 4.92. The van der Waals surface area contributed by atoms with Crippen LogP contribution in [0.2, 0.25) is 0 Å². The van der Waals surface area contributed by atoms with E-state index >= 15 is 0 Å². The molecule has 1 aromatic rings. The molecule has 106 valence electrons. The zero-order valence-corrected chi connectivity index (χ0v) is 11.3. The van der Waals surface area contributed by atoms with Gasteiger partial charge in [-0.05, 0) is 19.8 Å². The fourth-order valence-electron chi connectivity index (χ4n) is 2.12. The molecule has 3 N–H and O–H groups in total. The van der Waals surface area contributed by atoms with Crippen LogP contribution < -0.4 is 5.73 Å². The van der Waals surface area contributed by atoms with Crippen LogP contribution in [-0.2, 0) is 19.6 Å². The summed E-state index contributed by atoms with van der Waals surface area (Å²) in [5.41, 5.74) is 5.53. The molecule has 1 aromatic heterocycles. The minimum atomic E-state index is -3.82. The van der Waals surface area contributed by atoms with E-state index in [0.29, 0.717) is 12.8 Å². The van der Waals surface area contributed by atoms with Crippen LogP contribution >= 0.6 is 0 Å². The molecule has 0 radical (unpaired) electrons. The second-order valence-electron chi connectivity index (χ2n) is 4.17. The quantitative estimate of drug-likeness (QED) is 0.735. The predicted molar refractivity (Wildman–Crippen MR) is 66.5 cm³/mol. The van der Waals surface area contributed by atoms with E-state index in [1.165, 1.54) is 0 Å². The molecule has 0 saturated carbocycles. The van der Waals surface area contributed by atoms with Crippen molar-refractivity contribution in [3.8, 4) is 0 Å². The Morgan fingerprint density at radius 2 is 2.42 bits per heavy atom. The Labute approximate surface area is 111 Å². The molecule has 19 heavy (non-hydrogen) atoms. The maximum absolute atomic E-state index is 12.4. The minimum absolute atomic E-state index is 0.0329. The van der Waals surface area contributed by atoms with Crippen LogP contribution in [0.4, 0.5) is 5.82 Å². The van der Waals surface area contributed by atoms with Crippen molar-refractivity contribution in [2.75, 3.05) is 18.9 Å². The van der Waals surface area contributed by atoms with Gasteiger partial charge in [-0.25, -0.2) is 8.42 Å². The summed E-state index contributed by atoms with van der Waals surface area (Å²) in [6.07, 6.45) is 2.21. The third kappa shape index (κ3) is 2.43. The standard InChI is InChI=1S/C10H16N4O4S/c1-2-18-10(15)7-4-3-5-14(7)19(16,17)8-6-12-13-9(8)11/h6-7H,2-5H2,1H3,(H3,11,12,13). The van der Waals surface area contributed by atoms with Crippen LogP contribution in [0.1, 0.15) is 19.8 Å². The summed E-state index contributed by atoms with van der Waals surface area (Å²) < 4.78 is 30.9. The number of anilines is 1. The van der Waals surface area contributed by atoms with E-state index in [-0.39, 0.29) is 23.9 Å². The third-order valence-electron chi connectivity index (χ3n) is 2.98. The molecule has 1 fully saturated rings. The van der Waals surface area contributed by atoms with E-state index in [0.717, 1.165) is 10.5 Å². The second-order valence-corrected chi connectivity index (χ2v) is 6.03. The van der Waals surface area contributed by atoms with Gasteiger partial charge in [0.1, 0.15) is 16.8 Å². The number of nitrogens with zero attached hydrogens (tertiary/aromatic N) is 2. The molecule has 2 heterocycles. The highest BCUT2D eigenvalue weighted by Crippen LogP contribution is 2.28. The second kappa shape index (κ2) is 5.17. The first-order chi connectivity index (χ1) is 8.98. The van der Waals surface area contributed by atoms with Gasteiger partial charge >= 0.3 is 5.97 Å². The van der Waals surface area contributed by atoms with E-state index < -0.39 is 22.0 Å². The molecule has 0 aliphatic carbocycles. The first-order valence-corrected chi connectivity index (χ1v) is 7.39. The van der Waals surface area contributed by atoms with Gasteiger partial charge in [0, 0.05) is 6.54 Å². The summed E-state index contributed by atoms with van der Waals surface area (Å²) in [6.45, 7) is 2.17. The number of aromatic amines is 1. The van der Waals surface area contributed by atoms with Crippen LogP contribution in [0.15, 0.2) is 11.1 Å². The lowest BCUT2D eigenvalue weighted by Crippen LogP contribution is -2.41. The lowest BCUT2D eigenvalue weighted by molar-refractivity contribution is -0.146. The number of carbonyl (C=O) groups is 1. The number of nitrogen functional groups attached to an aromatic ring is 1. The molecule has 0 spiro atoms. The average Bonchev–Trinajstić information content (AvgIpc) is 2.97. The van der Waals surface area contributed by atoms with Crippen molar-refractivity contribution in [2.24, 2.45) is 0 Å². The van der Waals surface area contributed by atoms with Gasteiger partial charge in [0.2, 0.25) is 10.0 Å². The van der Waals surface area contributed by atoms with Crippen molar-refractivity contribution in [1.29, 1.82) is 0 Å². The Morgan fingerprint density at radius 3 is 3.00 bits per heavy atom. The number of ether oxygens (including phenoxy) is 1. The van der Waals surface area contributed by atoms with E-state index in [9.17, 15) is 13.2 Å². The molecule has 2 rings (SSSR count). The molecule has 1 aliphatic heterocycles. The predicted octanol–water partition coefficient (Wildman–Crippen LogP) is -0.292. The first kappa shape index (κ1) is 13.8. The minimum Gasteiger partial charge on any atom is -0.465 e. The van der Waals surface area contributed by atoms with Crippen LogP contribution in [0.5, 0.6) is 0 Å². The molecule has 1 atom stereocenters. The smallest absolute Gasteiger partial charge is 0.324 e. The highest BCUT2D eigenvalue weighted by atomic mass is 32.2. The maximum Gasteiger partial charge on any atom is 0.324 e. The van der Waals surface area contributed by atoms with E-state index in [4.69, 9.17) is 10.5 Å². The first-order valence-electron chi connectivity index (χ1n) is 5.95. The highest BCUT2D eigenvalue weighted by molar-refractivity contribution is 7.89. The molecule has 1 saturated heterocycles. The number of nitrogens with one attached hydrogen (secondary N) is 1. The molecular formula is C10H16N4O4S. The molecular weight excluding hydrogens is 272 g/mol. The van der Waals surface area contributed by atoms with Crippen LogP contribution in [0, 0.1) is 0 Å². The van der Waals surface area contributed by atoms with Crippen molar-refractivity contribution >= 4 is 21.8 Å². The number of hydrogen-bond acceptors (Lipinski definition) is 6. The Balaban J connectivity index is 2.30. The fraction of sp³-hybridized carbons (Fsp3) is 0.600. The lowest BCUT2D eigenvalue weighted by Gasteiger charge is -2.21. The SMILES string of the molecule is CCOC(=O)C1CCCN1S(=O)(=O)c1cn[nH]c1N. The largest absolute Gasteiger partial charge is 0.465 e. The molecule has 0 amide bonds. The van der Waals surface area contributed by atoms with Crippen LogP contribution in [0.3, 0.4) is 0 Å². The summed E-state index contributed by atoms with van der Waals surface area (Å²) in [6, 6.07) is -0.778. The van der Waals surface area contributed by atoms with Gasteiger partial charge in [-0.15, -0.1) is 0 Å². The zero-order chi connectivity index (χ0) is 14.0. The van der Waals surface area contributed by atoms with Gasteiger partial charge in [0.15, 0.2) is 0 Å².